The van der Waals surface area contributed by atoms with Gasteiger partial charge in [-0.05, 0) is 48.6 Å². The average Bonchev–Trinajstić information content (AvgIpc) is 2.64. The van der Waals surface area contributed by atoms with Gasteiger partial charge in [-0.15, -0.1) is 0 Å². The summed E-state index contributed by atoms with van der Waals surface area (Å²) >= 11 is 5.99. The molecule has 2 rings (SSSR count). The Balaban J connectivity index is 2.04. The van der Waals surface area contributed by atoms with Crippen LogP contribution in [0.4, 0.5) is 11.4 Å². The highest BCUT2D eigenvalue weighted by Crippen LogP contribution is 2.24. The Hall–Kier alpha value is -2.05. The van der Waals surface area contributed by atoms with Crippen molar-refractivity contribution in [1.82, 2.24) is 0 Å². The first kappa shape index (κ1) is 22.2. The second-order valence-electron chi connectivity index (χ2n) is 6.63. The summed E-state index contributed by atoms with van der Waals surface area (Å²) in [7, 11) is -3.47. The van der Waals surface area contributed by atoms with E-state index in [1.807, 2.05) is 18.2 Å². The van der Waals surface area contributed by atoms with E-state index in [1.165, 1.54) is 4.31 Å². The molecular formula is C21H27ClN2O3S. The SMILES string of the molecule is CCc1cccc(CC)c1NC(=O)CCCN(c1cccc(Cl)c1)S(C)(=O)=O. The Morgan fingerprint density at radius 1 is 1.07 bits per heavy atom. The van der Waals surface area contributed by atoms with Crippen molar-refractivity contribution in [3.05, 3.63) is 58.6 Å². The number of hydrogen-bond donors (Lipinski definition) is 1. The molecule has 0 saturated carbocycles. The lowest BCUT2D eigenvalue weighted by Crippen LogP contribution is -2.31. The minimum Gasteiger partial charge on any atom is -0.326 e. The van der Waals surface area contributed by atoms with Crippen molar-refractivity contribution in [1.29, 1.82) is 0 Å². The number of aryl methyl sites for hydroxylation is 2. The first-order valence-electron chi connectivity index (χ1n) is 9.40. The van der Waals surface area contributed by atoms with Crippen LogP contribution < -0.4 is 9.62 Å². The number of sulfonamides is 1. The summed E-state index contributed by atoms with van der Waals surface area (Å²) in [6, 6.07) is 12.7. The van der Waals surface area contributed by atoms with Crippen LogP contribution in [0.15, 0.2) is 42.5 Å². The molecule has 0 bridgehead atoms. The zero-order valence-electron chi connectivity index (χ0n) is 16.5. The molecule has 0 atom stereocenters. The van der Waals surface area contributed by atoms with Crippen molar-refractivity contribution in [2.75, 3.05) is 22.4 Å². The molecule has 0 aliphatic heterocycles. The minimum absolute atomic E-state index is 0.116. The van der Waals surface area contributed by atoms with E-state index in [0.29, 0.717) is 17.1 Å². The molecule has 152 valence electrons. The highest BCUT2D eigenvalue weighted by atomic mass is 35.5. The fourth-order valence-electron chi connectivity index (χ4n) is 3.11. The predicted molar refractivity (Wildman–Crippen MR) is 117 cm³/mol. The number of carbonyl (C=O) groups is 1. The minimum atomic E-state index is -3.47. The third-order valence-electron chi connectivity index (χ3n) is 4.52. The zero-order chi connectivity index (χ0) is 20.7. The molecule has 5 nitrogen and oxygen atoms in total. The van der Waals surface area contributed by atoms with E-state index in [-0.39, 0.29) is 18.9 Å². The van der Waals surface area contributed by atoms with Gasteiger partial charge in [0.1, 0.15) is 0 Å². The third kappa shape index (κ3) is 5.97. The fraction of sp³-hybridized carbons (Fsp3) is 0.381. The summed E-state index contributed by atoms with van der Waals surface area (Å²) in [5.41, 5.74) is 3.58. The lowest BCUT2D eigenvalue weighted by molar-refractivity contribution is -0.116. The molecule has 0 aliphatic carbocycles. The molecule has 2 aromatic carbocycles. The van der Waals surface area contributed by atoms with Gasteiger partial charge in [0.25, 0.3) is 0 Å². The van der Waals surface area contributed by atoms with E-state index in [1.54, 1.807) is 24.3 Å². The monoisotopic (exact) mass is 422 g/mol. The van der Waals surface area contributed by atoms with Crippen molar-refractivity contribution in [3.63, 3.8) is 0 Å². The van der Waals surface area contributed by atoms with Crippen molar-refractivity contribution in [2.24, 2.45) is 0 Å². The summed E-state index contributed by atoms with van der Waals surface area (Å²) < 4.78 is 25.6. The van der Waals surface area contributed by atoms with Gasteiger partial charge >= 0.3 is 0 Å². The second kappa shape index (κ2) is 9.94. The Morgan fingerprint density at radius 3 is 2.21 bits per heavy atom. The van der Waals surface area contributed by atoms with Gasteiger partial charge in [-0.25, -0.2) is 8.42 Å². The Labute approximate surface area is 172 Å². The van der Waals surface area contributed by atoms with E-state index < -0.39 is 10.0 Å². The van der Waals surface area contributed by atoms with Crippen LogP contribution in [0, 0.1) is 0 Å². The van der Waals surface area contributed by atoms with Crippen LogP contribution >= 0.6 is 11.6 Å². The number of amides is 1. The number of para-hydroxylation sites is 1. The largest absolute Gasteiger partial charge is 0.326 e. The zero-order valence-corrected chi connectivity index (χ0v) is 18.1. The number of anilines is 2. The van der Waals surface area contributed by atoms with E-state index in [2.05, 4.69) is 19.2 Å². The van der Waals surface area contributed by atoms with Gasteiger partial charge in [-0.3, -0.25) is 9.10 Å². The van der Waals surface area contributed by atoms with Crippen LogP contribution in [-0.2, 0) is 27.7 Å². The molecule has 2 aromatic rings. The summed E-state index contributed by atoms with van der Waals surface area (Å²) in [6.07, 6.45) is 3.45. The first-order chi connectivity index (χ1) is 13.3. The van der Waals surface area contributed by atoms with Crippen molar-refractivity contribution in [3.8, 4) is 0 Å². The Morgan fingerprint density at radius 2 is 1.68 bits per heavy atom. The molecule has 0 aliphatic rings. The smallest absolute Gasteiger partial charge is 0.232 e. The summed E-state index contributed by atoms with van der Waals surface area (Å²) in [5.74, 6) is -0.116. The van der Waals surface area contributed by atoms with E-state index in [4.69, 9.17) is 11.6 Å². The first-order valence-corrected chi connectivity index (χ1v) is 11.6. The molecule has 0 fully saturated rings. The van der Waals surface area contributed by atoms with Crippen LogP contribution in [0.3, 0.4) is 0 Å². The van der Waals surface area contributed by atoms with E-state index in [9.17, 15) is 13.2 Å². The standard InChI is InChI=1S/C21H27ClN2O3S/c1-4-16-9-6-10-17(5-2)21(16)23-20(25)13-8-14-24(28(3,26)27)19-12-7-11-18(22)15-19/h6-7,9-12,15H,4-5,8,13-14H2,1-3H3,(H,23,25). The molecule has 0 aromatic heterocycles. The lowest BCUT2D eigenvalue weighted by atomic mass is 10.0. The van der Waals surface area contributed by atoms with Crippen molar-refractivity contribution >= 4 is 38.9 Å². The normalized spacial score (nSPS) is 11.3. The van der Waals surface area contributed by atoms with Gasteiger partial charge in [0, 0.05) is 23.7 Å². The van der Waals surface area contributed by atoms with Gasteiger partial charge in [-0.2, -0.15) is 0 Å². The highest BCUT2D eigenvalue weighted by Gasteiger charge is 2.18. The van der Waals surface area contributed by atoms with Gasteiger partial charge in [0.05, 0.1) is 11.9 Å². The topological polar surface area (TPSA) is 66.5 Å². The third-order valence-corrected chi connectivity index (χ3v) is 5.95. The predicted octanol–water partition coefficient (Wildman–Crippen LogP) is 4.65. The molecule has 0 spiro atoms. The van der Waals surface area contributed by atoms with Gasteiger partial charge < -0.3 is 5.32 Å². The maximum Gasteiger partial charge on any atom is 0.232 e. The van der Waals surface area contributed by atoms with Gasteiger partial charge in [0.15, 0.2) is 0 Å². The van der Waals surface area contributed by atoms with Crippen molar-refractivity contribution < 1.29 is 13.2 Å². The molecular weight excluding hydrogens is 396 g/mol. The number of benzene rings is 2. The molecule has 0 unspecified atom stereocenters. The Bertz CT molecular complexity index is 907. The molecule has 7 heteroatoms. The maximum atomic E-state index is 12.5. The van der Waals surface area contributed by atoms with Crippen LogP contribution in [0.5, 0.6) is 0 Å². The summed E-state index contributed by atoms with van der Waals surface area (Å²) in [4.78, 5) is 12.5. The van der Waals surface area contributed by atoms with Gasteiger partial charge in [0.2, 0.25) is 15.9 Å². The van der Waals surface area contributed by atoms with E-state index >= 15 is 0 Å². The summed E-state index contributed by atoms with van der Waals surface area (Å²) in [5, 5.41) is 3.48. The van der Waals surface area contributed by atoms with Crippen LogP contribution in [-0.4, -0.2) is 27.1 Å². The lowest BCUT2D eigenvalue weighted by Gasteiger charge is -2.22. The quantitative estimate of drug-likeness (QED) is 0.639. The Kier molecular flexibility index (Phi) is 7.89. The number of rotatable bonds is 9. The molecule has 0 radical (unpaired) electrons. The number of halogens is 1. The fourth-order valence-corrected chi connectivity index (χ4v) is 4.25. The summed E-state index contributed by atoms with van der Waals surface area (Å²) in [6.45, 7) is 4.32. The molecule has 0 heterocycles. The number of hydrogen-bond acceptors (Lipinski definition) is 3. The highest BCUT2D eigenvalue weighted by molar-refractivity contribution is 7.92. The van der Waals surface area contributed by atoms with Crippen LogP contribution in [0.2, 0.25) is 5.02 Å². The van der Waals surface area contributed by atoms with Gasteiger partial charge in [-0.1, -0.05) is 49.7 Å². The maximum absolute atomic E-state index is 12.5. The number of nitrogens with zero attached hydrogens (tertiary/aromatic N) is 1. The molecule has 1 amide bonds. The van der Waals surface area contributed by atoms with Crippen LogP contribution in [0.25, 0.3) is 0 Å². The number of nitrogens with one attached hydrogen (secondary N) is 1. The average molecular weight is 423 g/mol. The van der Waals surface area contributed by atoms with E-state index in [0.717, 1.165) is 35.9 Å². The number of carbonyl (C=O) groups excluding carboxylic acids is 1. The molecule has 28 heavy (non-hydrogen) atoms. The molecule has 1 N–H and O–H groups in total. The van der Waals surface area contributed by atoms with Crippen molar-refractivity contribution in [2.45, 2.75) is 39.5 Å². The second-order valence-corrected chi connectivity index (χ2v) is 8.97. The van der Waals surface area contributed by atoms with Crippen LogP contribution in [0.1, 0.15) is 37.8 Å². The molecule has 0 saturated heterocycles.